The van der Waals surface area contributed by atoms with E-state index >= 15 is 0 Å². The Morgan fingerprint density at radius 1 is 1.29 bits per heavy atom. The number of thiazole rings is 1. The highest BCUT2D eigenvalue weighted by Crippen LogP contribution is 2.30. The smallest absolute Gasteiger partial charge is 0.273 e. The highest BCUT2D eigenvalue weighted by Gasteiger charge is 2.25. The normalized spacial score (nSPS) is 15.3. The van der Waals surface area contributed by atoms with Crippen LogP contribution in [0.15, 0.2) is 29.6 Å². The molecule has 0 atom stereocenters. The number of carbonyl (C=O) groups is 2. The van der Waals surface area contributed by atoms with E-state index in [4.69, 9.17) is 11.6 Å². The van der Waals surface area contributed by atoms with Crippen LogP contribution in [0.2, 0.25) is 5.02 Å². The van der Waals surface area contributed by atoms with Gasteiger partial charge in [-0.05, 0) is 18.9 Å². The number of nitrogens with one attached hydrogen (secondary N) is 1. The molecule has 0 spiro atoms. The Morgan fingerprint density at radius 2 is 2.00 bits per heavy atom. The van der Waals surface area contributed by atoms with Crippen molar-refractivity contribution < 1.29 is 9.59 Å². The van der Waals surface area contributed by atoms with Crippen LogP contribution in [-0.4, -0.2) is 40.8 Å². The number of hydrogen-bond acceptors (Lipinski definition) is 4. The second-order valence-corrected chi connectivity index (χ2v) is 7.05. The van der Waals surface area contributed by atoms with Crippen LogP contribution in [-0.2, 0) is 4.79 Å². The van der Waals surface area contributed by atoms with Crippen molar-refractivity contribution in [1.82, 2.24) is 15.2 Å². The molecule has 126 valence electrons. The molecule has 2 amide bonds. The standard InChI is InChI=1S/C17H18ClN3O2S/c1-11(22)19-12-6-8-21(9-7-12)17(23)15-10-24-16(20-15)13-4-2-3-5-14(13)18/h2-5,10,12H,6-9H2,1H3,(H,19,22). The molecule has 0 aliphatic carbocycles. The minimum atomic E-state index is -0.0640. The molecule has 1 aliphatic rings. The number of carbonyl (C=O) groups excluding carboxylic acids is 2. The number of aromatic nitrogens is 1. The molecular formula is C17H18ClN3O2S. The first-order valence-corrected chi connectivity index (χ1v) is 9.07. The van der Waals surface area contributed by atoms with Gasteiger partial charge in [-0.1, -0.05) is 29.8 Å². The summed E-state index contributed by atoms with van der Waals surface area (Å²) in [6, 6.07) is 7.63. The van der Waals surface area contributed by atoms with Crippen LogP contribution in [0.3, 0.4) is 0 Å². The third-order valence-electron chi connectivity index (χ3n) is 4.02. The lowest BCUT2D eigenvalue weighted by Crippen LogP contribution is -2.46. The average molecular weight is 364 g/mol. The van der Waals surface area contributed by atoms with E-state index in [9.17, 15) is 9.59 Å². The number of benzene rings is 1. The fraction of sp³-hybridized carbons (Fsp3) is 0.353. The van der Waals surface area contributed by atoms with Crippen LogP contribution in [0.5, 0.6) is 0 Å². The lowest BCUT2D eigenvalue weighted by atomic mass is 10.0. The SMILES string of the molecule is CC(=O)NC1CCN(C(=O)c2csc(-c3ccccc3Cl)n2)CC1. The highest BCUT2D eigenvalue weighted by molar-refractivity contribution is 7.13. The van der Waals surface area contributed by atoms with Gasteiger partial charge in [0.1, 0.15) is 10.7 Å². The van der Waals surface area contributed by atoms with E-state index in [1.807, 2.05) is 24.3 Å². The Morgan fingerprint density at radius 3 is 2.67 bits per heavy atom. The largest absolute Gasteiger partial charge is 0.353 e. The Hall–Kier alpha value is -1.92. The summed E-state index contributed by atoms with van der Waals surface area (Å²) >= 11 is 7.61. The van der Waals surface area contributed by atoms with Crippen molar-refractivity contribution in [2.45, 2.75) is 25.8 Å². The minimum Gasteiger partial charge on any atom is -0.353 e. The van der Waals surface area contributed by atoms with Crippen LogP contribution >= 0.6 is 22.9 Å². The zero-order valence-corrected chi connectivity index (χ0v) is 14.9. The van der Waals surface area contributed by atoms with Crippen LogP contribution in [0.25, 0.3) is 10.6 Å². The number of piperidine rings is 1. The molecule has 1 aromatic heterocycles. The molecule has 2 heterocycles. The number of rotatable bonds is 3. The topological polar surface area (TPSA) is 62.3 Å². The van der Waals surface area contributed by atoms with Crippen molar-refractivity contribution in [3.63, 3.8) is 0 Å². The van der Waals surface area contributed by atoms with Crippen LogP contribution in [0.1, 0.15) is 30.3 Å². The van der Waals surface area contributed by atoms with Gasteiger partial charge in [-0.2, -0.15) is 0 Å². The Bertz CT molecular complexity index is 754. The predicted molar refractivity (Wildman–Crippen MR) is 95.3 cm³/mol. The molecule has 5 nitrogen and oxygen atoms in total. The van der Waals surface area contributed by atoms with E-state index in [0.717, 1.165) is 23.4 Å². The van der Waals surface area contributed by atoms with Crippen molar-refractivity contribution in [3.05, 3.63) is 40.4 Å². The number of nitrogens with zero attached hydrogens (tertiary/aromatic N) is 2. The Labute approximate surface area is 149 Å². The van der Waals surface area contributed by atoms with Gasteiger partial charge >= 0.3 is 0 Å². The lowest BCUT2D eigenvalue weighted by Gasteiger charge is -2.31. The van der Waals surface area contributed by atoms with E-state index < -0.39 is 0 Å². The second-order valence-electron chi connectivity index (χ2n) is 5.78. The maximum absolute atomic E-state index is 12.6. The molecule has 0 radical (unpaired) electrons. The van der Waals surface area contributed by atoms with Gasteiger partial charge in [-0.25, -0.2) is 4.98 Å². The number of amides is 2. The highest BCUT2D eigenvalue weighted by atomic mass is 35.5. The monoisotopic (exact) mass is 363 g/mol. The van der Waals surface area contributed by atoms with Crippen LogP contribution < -0.4 is 5.32 Å². The quantitative estimate of drug-likeness (QED) is 0.910. The number of halogens is 1. The molecule has 0 bridgehead atoms. The maximum Gasteiger partial charge on any atom is 0.273 e. The van der Waals surface area contributed by atoms with Crippen molar-refractivity contribution in [3.8, 4) is 10.6 Å². The molecule has 0 unspecified atom stereocenters. The number of hydrogen-bond donors (Lipinski definition) is 1. The second kappa shape index (κ2) is 7.32. The van der Waals surface area contributed by atoms with E-state index in [1.165, 1.54) is 18.3 Å². The van der Waals surface area contributed by atoms with Crippen molar-refractivity contribution in [2.75, 3.05) is 13.1 Å². The third-order valence-corrected chi connectivity index (χ3v) is 5.22. The van der Waals surface area contributed by atoms with Gasteiger partial charge in [0, 0.05) is 37.0 Å². The van der Waals surface area contributed by atoms with E-state index in [0.29, 0.717) is 23.8 Å². The summed E-state index contributed by atoms with van der Waals surface area (Å²) in [7, 11) is 0. The van der Waals surface area contributed by atoms with Gasteiger partial charge in [0.25, 0.3) is 5.91 Å². The van der Waals surface area contributed by atoms with Gasteiger partial charge in [0.15, 0.2) is 0 Å². The fourth-order valence-corrected chi connectivity index (χ4v) is 3.92. The van der Waals surface area contributed by atoms with Crippen LogP contribution in [0.4, 0.5) is 0 Å². The number of likely N-dealkylation sites (tertiary alicyclic amines) is 1. The zero-order valence-electron chi connectivity index (χ0n) is 13.3. The third kappa shape index (κ3) is 3.76. The molecule has 1 aliphatic heterocycles. The predicted octanol–water partition coefficient (Wildman–Crippen LogP) is 3.20. The summed E-state index contributed by atoms with van der Waals surface area (Å²) in [5.74, 6) is -0.0884. The fourth-order valence-electron chi connectivity index (χ4n) is 2.81. The van der Waals surface area contributed by atoms with Crippen molar-refractivity contribution in [1.29, 1.82) is 0 Å². The summed E-state index contributed by atoms with van der Waals surface area (Å²) in [6.45, 7) is 2.77. The van der Waals surface area contributed by atoms with Crippen LogP contribution in [0, 0.1) is 0 Å². The summed E-state index contributed by atoms with van der Waals surface area (Å²) in [6.07, 6.45) is 1.54. The van der Waals surface area contributed by atoms with Crippen molar-refractivity contribution in [2.24, 2.45) is 0 Å². The minimum absolute atomic E-state index is 0.0244. The first kappa shape index (κ1) is 16.9. The van der Waals surface area contributed by atoms with Gasteiger partial charge in [-0.15, -0.1) is 11.3 Å². The Balaban J connectivity index is 1.67. The van der Waals surface area contributed by atoms with Gasteiger partial charge in [0.2, 0.25) is 5.91 Å². The summed E-state index contributed by atoms with van der Waals surface area (Å²) in [5, 5.41) is 6.06. The molecule has 3 rings (SSSR count). The Kier molecular flexibility index (Phi) is 5.16. The summed E-state index contributed by atoms with van der Waals surface area (Å²) < 4.78 is 0. The van der Waals surface area contributed by atoms with Crippen molar-refractivity contribution >= 4 is 34.8 Å². The molecule has 2 aromatic rings. The van der Waals surface area contributed by atoms with Gasteiger partial charge in [-0.3, -0.25) is 9.59 Å². The lowest BCUT2D eigenvalue weighted by molar-refractivity contribution is -0.119. The van der Waals surface area contributed by atoms with Gasteiger partial charge < -0.3 is 10.2 Å². The molecule has 1 fully saturated rings. The molecule has 7 heteroatoms. The first-order chi connectivity index (χ1) is 11.5. The average Bonchev–Trinajstić information content (AvgIpc) is 3.04. The molecule has 24 heavy (non-hydrogen) atoms. The molecular weight excluding hydrogens is 346 g/mol. The first-order valence-electron chi connectivity index (χ1n) is 7.81. The van der Waals surface area contributed by atoms with E-state index in [1.54, 1.807) is 10.3 Å². The summed E-state index contributed by atoms with van der Waals surface area (Å²) in [4.78, 5) is 30.0. The van der Waals surface area contributed by atoms with E-state index in [-0.39, 0.29) is 17.9 Å². The zero-order chi connectivity index (χ0) is 17.1. The van der Waals surface area contributed by atoms with E-state index in [2.05, 4.69) is 10.3 Å². The molecule has 1 N–H and O–H groups in total. The molecule has 0 saturated carbocycles. The summed E-state index contributed by atoms with van der Waals surface area (Å²) in [5.41, 5.74) is 1.29. The van der Waals surface area contributed by atoms with Gasteiger partial charge in [0.05, 0.1) is 5.02 Å². The molecule has 1 saturated heterocycles. The maximum atomic E-state index is 12.6. The molecule has 1 aromatic carbocycles.